The highest BCUT2D eigenvalue weighted by Gasteiger charge is 2.51. The number of methoxy groups -OCH3 is 1. The summed E-state index contributed by atoms with van der Waals surface area (Å²) in [6.07, 6.45) is 4.52. The number of hydrogen-bond donors (Lipinski definition) is 2. The maximum atomic E-state index is 12.7. The zero-order valence-corrected chi connectivity index (χ0v) is 14.5. The Kier molecular flexibility index (Phi) is 4.21. The fourth-order valence-corrected chi connectivity index (χ4v) is 4.83. The number of rotatable bonds is 4. The van der Waals surface area contributed by atoms with E-state index in [2.05, 4.69) is 5.32 Å². The third kappa shape index (κ3) is 2.53. The summed E-state index contributed by atoms with van der Waals surface area (Å²) >= 11 is 1.30. The molecule has 2 aliphatic rings. The van der Waals surface area contributed by atoms with Crippen LogP contribution in [0.3, 0.4) is 0 Å². The summed E-state index contributed by atoms with van der Waals surface area (Å²) in [5, 5.41) is 12.7. The maximum absolute atomic E-state index is 12.7. The van der Waals surface area contributed by atoms with Gasteiger partial charge in [0.2, 0.25) is 5.91 Å². The van der Waals surface area contributed by atoms with Crippen LogP contribution < -0.4 is 5.32 Å². The number of carbonyl (C=O) groups excluding carboxylic acids is 2. The SMILES string of the molecule is COC(=O)c1c(NC(=O)[C@@H]2[C@@H](C(=O)O)[C@H]3C=C[C@@H]2C3)sc(C)c1C. The normalized spacial score (nSPS) is 27.3. The number of nitrogens with one attached hydrogen (secondary N) is 1. The van der Waals surface area contributed by atoms with Gasteiger partial charge in [-0.2, -0.15) is 0 Å². The van der Waals surface area contributed by atoms with Crippen molar-refractivity contribution in [1.29, 1.82) is 0 Å². The molecule has 0 aliphatic heterocycles. The highest BCUT2D eigenvalue weighted by molar-refractivity contribution is 7.16. The van der Waals surface area contributed by atoms with Gasteiger partial charge in [-0.3, -0.25) is 9.59 Å². The Morgan fingerprint density at radius 3 is 2.42 bits per heavy atom. The molecule has 0 spiro atoms. The number of aryl methyl sites for hydroxylation is 1. The molecule has 0 aromatic carbocycles. The molecule has 0 saturated heterocycles. The average molecular weight is 349 g/mol. The number of thiophene rings is 1. The fraction of sp³-hybridized carbons (Fsp3) is 0.471. The summed E-state index contributed by atoms with van der Waals surface area (Å²) in [4.78, 5) is 37.2. The number of carboxylic acid groups (broad SMARTS) is 1. The highest BCUT2D eigenvalue weighted by atomic mass is 32.1. The Balaban J connectivity index is 1.88. The Morgan fingerprint density at radius 2 is 1.83 bits per heavy atom. The first-order chi connectivity index (χ1) is 11.3. The smallest absolute Gasteiger partial charge is 0.341 e. The first-order valence-electron chi connectivity index (χ1n) is 7.75. The first-order valence-corrected chi connectivity index (χ1v) is 8.57. The second kappa shape index (κ2) is 6.05. The number of esters is 1. The Labute approximate surface area is 143 Å². The summed E-state index contributed by atoms with van der Waals surface area (Å²) in [6, 6.07) is 0. The first kappa shape index (κ1) is 16.7. The zero-order chi connectivity index (χ0) is 17.6. The fourth-order valence-electron chi connectivity index (χ4n) is 3.77. The summed E-state index contributed by atoms with van der Waals surface area (Å²) in [5.41, 5.74) is 1.11. The molecule has 2 bridgehead atoms. The number of anilines is 1. The van der Waals surface area contributed by atoms with E-state index >= 15 is 0 Å². The molecule has 6 nitrogen and oxygen atoms in total. The Bertz CT molecular complexity index is 750. The quantitative estimate of drug-likeness (QED) is 0.644. The molecule has 1 amide bonds. The van der Waals surface area contributed by atoms with Crippen LogP contribution >= 0.6 is 11.3 Å². The molecule has 3 rings (SSSR count). The van der Waals surface area contributed by atoms with Crippen molar-refractivity contribution in [2.24, 2.45) is 23.7 Å². The van der Waals surface area contributed by atoms with E-state index in [0.717, 1.165) is 10.4 Å². The monoisotopic (exact) mass is 349 g/mol. The average Bonchev–Trinajstić information content (AvgIpc) is 3.21. The van der Waals surface area contributed by atoms with E-state index < -0.39 is 23.8 Å². The van der Waals surface area contributed by atoms with Crippen molar-refractivity contribution >= 4 is 34.2 Å². The number of aliphatic carboxylic acids is 1. The predicted octanol–water partition coefficient (Wildman–Crippen LogP) is 2.61. The second-order valence-electron chi connectivity index (χ2n) is 6.31. The lowest BCUT2D eigenvalue weighted by atomic mass is 9.82. The molecule has 0 unspecified atom stereocenters. The van der Waals surface area contributed by atoms with Crippen LogP contribution in [0.4, 0.5) is 5.00 Å². The van der Waals surface area contributed by atoms with Crippen molar-refractivity contribution in [3.8, 4) is 0 Å². The van der Waals surface area contributed by atoms with Gasteiger partial charge in [-0.25, -0.2) is 4.79 Å². The lowest BCUT2D eigenvalue weighted by Crippen LogP contribution is -2.36. The van der Waals surface area contributed by atoms with Crippen LogP contribution in [0.1, 0.15) is 27.2 Å². The molecule has 7 heteroatoms. The van der Waals surface area contributed by atoms with Crippen molar-refractivity contribution in [3.63, 3.8) is 0 Å². The lowest BCUT2D eigenvalue weighted by Gasteiger charge is -2.23. The standard InChI is InChI=1S/C17H19NO5S/c1-7-8(2)24-15(11(7)17(22)23-3)18-14(19)12-9-4-5-10(6-9)13(12)16(20)21/h4-5,9-10,12-13H,6H2,1-3H3,(H,18,19)(H,20,21)/t9-,10+,12+,13+/m1/s1. The number of ether oxygens (including phenoxy) is 1. The molecular formula is C17H19NO5S. The topological polar surface area (TPSA) is 92.7 Å². The van der Waals surface area contributed by atoms with Gasteiger partial charge in [-0.15, -0.1) is 11.3 Å². The Hall–Kier alpha value is -2.15. The second-order valence-corrected chi connectivity index (χ2v) is 7.53. The molecule has 1 aromatic rings. The van der Waals surface area contributed by atoms with E-state index in [-0.39, 0.29) is 17.7 Å². The molecule has 1 heterocycles. The Morgan fingerprint density at radius 1 is 1.21 bits per heavy atom. The summed E-state index contributed by atoms with van der Waals surface area (Å²) in [7, 11) is 1.29. The zero-order valence-electron chi connectivity index (χ0n) is 13.7. The van der Waals surface area contributed by atoms with Crippen molar-refractivity contribution in [3.05, 3.63) is 28.2 Å². The van der Waals surface area contributed by atoms with Crippen molar-refractivity contribution in [1.82, 2.24) is 0 Å². The van der Waals surface area contributed by atoms with Gasteiger partial charge in [0.15, 0.2) is 0 Å². The van der Waals surface area contributed by atoms with E-state index in [1.165, 1.54) is 18.4 Å². The van der Waals surface area contributed by atoms with Gasteiger partial charge >= 0.3 is 11.9 Å². The minimum Gasteiger partial charge on any atom is -0.481 e. The van der Waals surface area contributed by atoms with Crippen LogP contribution in [-0.2, 0) is 14.3 Å². The summed E-state index contributed by atoms with van der Waals surface area (Å²) in [5.74, 6) is -3.25. The van der Waals surface area contributed by atoms with Crippen LogP contribution in [-0.4, -0.2) is 30.1 Å². The van der Waals surface area contributed by atoms with Gasteiger partial charge in [0, 0.05) is 4.88 Å². The van der Waals surface area contributed by atoms with Gasteiger partial charge in [-0.1, -0.05) is 12.2 Å². The van der Waals surface area contributed by atoms with Crippen molar-refractivity contribution in [2.75, 3.05) is 12.4 Å². The van der Waals surface area contributed by atoms with Gasteiger partial charge in [-0.05, 0) is 37.7 Å². The van der Waals surface area contributed by atoms with Crippen molar-refractivity contribution < 1.29 is 24.2 Å². The minimum atomic E-state index is -0.946. The van der Waals surface area contributed by atoms with Crippen LogP contribution in [0.2, 0.25) is 0 Å². The summed E-state index contributed by atoms with van der Waals surface area (Å²) in [6.45, 7) is 3.66. The van der Waals surface area contributed by atoms with E-state index in [9.17, 15) is 19.5 Å². The number of hydrogen-bond acceptors (Lipinski definition) is 5. The van der Waals surface area contributed by atoms with E-state index in [0.29, 0.717) is 17.0 Å². The predicted molar refractivity (Wildman–Crippen MR) is 89.1 cm³/mol. The third-order valence-corrected chi connectivity index (χ3v) is 6.18. The van der Waals surface area contributed by atoms with Crippen LogP contribution in [0.25, 0.3) is 0 Å². The highest BCUT2D eigenvalue weighted by Crippen LogP contribution is 2.48. The molecule has 128 valence electrons. The molecule has 2 aliphatic carbocycles. The van der Waals surface area contributed by atoms with Gasteiger partial charge in [0.1, 0.15) is 5.00 Å². The molecule has 4 atom stereocenters. The molecule has 1 saturated carbocycles. The van der Waals surface area contributed by atoms with Crippen molar-refractivity contribution in [2.45, 2.75) is 20.3 Å². The van der Waals surface area contributed by atoms with Crippen LogP contribution in [0, 0.1) is 37.5 Å². The molecule has 1 aromatic heterocycles. The number of allylic oxidation sites excluding steroid dienone is 2. The molecule has 24 heavy (non-hydrogen) atoms. The minimum absolute atomic E-state index is 0.0557. The van der Waals surface area contributed by atoms with Crippen LogP contribution in [0.5, 0.6) is 0 Å². The maximum Gasteiger partial charge on any atom is 0.341 e. The number of carbonyl (C=O) groups is 3. The molecule has 1 fully saturated rings. The molecular weight excluding hydrogens is 330 g/mol. The van der Waals surface area contributed by atoms with E-state index in [4.69, 9.17) is 4.74 Å². The molecule has 2 N–H and O–H groups in total. The number of fused-ring (bicyclic) bond motifs is 2. The lowest BCUT2D eigenvalue weighted by molar-refractivity contribution is -0.146. The van der Waals surface area contributed by atoms with Crippen LogP contribution in [0.15, 0.2) is 12.2 Å². The summed E-state index contributed by atoms with van der Waals surface area (Å²) < 4.78 is 4.80. The largest absolute Gasteiger partial charge is 0.481 e. The van der Waals surface area contributed by atoms with E-state index in [1.807, 2.05) is 19.1 Å². The van der Waals surface area contributed by atoms with E-state index in [1.54, 1.807) is 6.92 Å². The number of carboxylic acids is 1. The molecule has 0 radical (unpaired) electrons. The van der Waals surface area contributed by atoms with Gasteiger partial charge in [0.05, 0.1) is 24.5 Å². The van der Waals surface area contributed by atoms with Gasteiger partial charge in [0.25, 0.3) is 0 Å². The number of amides is 1. The third-order valence-electron chi connectivity index (χ3n) is 5.06. The van der Waals surface area contributed by atoms with Gasteiger partial charge < -0.3 is 15.2 Å².